The lowest BCUT2D eigenvalue weighted by Gasteiger charge is -2.09. The van der Waals surface area contributed by atoms with Crippen molar-refractivity contribution in [1.29, 1.82) is 0 Å². The van der Waals surface area contributed by atoms with E-state index < -0.39 is 5.97 Å². The summed E-state index contributed by atoms with van der Waals surface area (Å²) in [5.74, 6) is 2.14. The van der Waals surface area contributed by atoms with Gasteiger partial charge < -0.3 is 15.2 Å². The highest BCUT2D eigenvalue weighted by atomic mass is 16.5. The molecule has 4 nitrogen and oxygen atoms in total. The summed E-state index contributed by atoms with van der Waals surface area (Å²) in [5, 5.41) is 12.1. The molecule has 4 heteroatoms. The first-order chi connectivity index (χ1) is 10.2. The second-order valence-electron chi connectivity index (χ2n) is 4.33. The Morgan fingerprint density at radius 2 is 2.05 bits per heavy atom. The lowest BCUT2D eigenvalue weighted by Crippen LogP contribution is -2.11. The fraction of sp³-hybridized carbons (Fsp3) is 0.118. The van der Waals surface area contributed by atoms with Crippen LogP contribution >= 0.6 is 0 Å². The van der Waals surface area contributed by atoms with Crippen molar-refractivity contribution in [3.05, 3.63) is 59.7 Å². The molecule has 2 N–H and O–H groups in total. The van der Waals surface area contributed by atoms with Crippen LogP contribution in [0.1, 0.15) is 15.9 Å². The maximum atomic E-state index is 10.8. The second-order valence-corrected chi connectivity index (χ2v) is 4.33. The number of anilines is 1. The number of carboxylic acid groups (broad SMARTS) is 1. The predicted octanol–water partition coefficient (Wildman–Crippen LogP) is 2.86. The van der Waals surface area contributed by atoms with E-state index in [2.05, 4.69) is 11.2 Å². The molecule has 0 amide bonds. The summed E-state index contributed by atoms with van der Waals surface area (Å²) in [4.78, 5) is 10.8. The molecule has 0 fully saturated rings. The van der Waals surface area contributed by atoms with E-state index in [1.165, 1.54) is 12.1 Å². The Kier molecular flexibility index (Phi) is 4.84. The maximum absolute atomic E-state index is 10.8. The van der Waals surface area contributed by atoms with Gasteiger partial charge >= 0.3 is 5.97 Å². The number of aromatic carboxylic acids is 1. The molecule has 2 rings (SSSR count). The fourth-order valence-corrected chi connectivity index (χ4v) is 1.80. The molecule has 0 aliphatic carbocycles. The van der Waals surface area contributed by atoms with Gasteiger partial charge in [-0.05, 0) is 36.4 Å². The lowest BCUT2D eigenvalue weighted by atomic mass is 10.2. The van der Waals surface area contributed by atoms with Crippen molar-refractivity contribution < 1.29 is 14.6 Å². The van der Waals surface area contributed by atoms with E-state index in [1.807, 2.05) is 24.3 Å². The van der Waals surface area contributed by atoms with E-state index in [0.717, 1.165) is 11.3 Å². The van der Waals surface area contributed by atoms with Gasteiger partial charge in [0.1, 0.15) is 12.4 Å². The quantitative estimate of drug-likeness (QED) is 0.631. The zero-order valence-electron chi connectivity index (χ0n) is 11.4. The molecule has 0 aromatic heterocycles. The Morgan fingerprint density at radius 3 is 2.81 bits per heavy atom. The molecule has 21 heavy (non-hydrogen) atoms. The summed E-state index contributed by atoms with van der Waals surface area (Å²) in [6.45, 7) is 1.01. The summed E-state index contributed by atoms with van der Waals surface area (Å²) in [5.41, 5.74) is 1.95. The van der Waals surface area contributed by atoms with E-state index in [-0.39, 0.29) is 5.56 Å². The monoisotopic (exact) mass is 281 g/mol. The first-order valence-electron chi connectivity index (χ1n) is 6.46. The normalized spacial score (nSPS) is 9.67. The molecule has 106 valence electrons. The lowest BCUT2D eigenvalue weighted by molar-refractivity contribution is 0.0696. The van der Waals surface area contributed by atoms with Crippen LogP contribution in [0.4, 0.5) is 5.69 Å². The number of nitrogens with one attached hydrogen (secondary N) is 1. The smallest absolute Gasteiger partial charge is 0.335 e. The predicted molar refractivity (Wildman–Crippen MR) is 81.8 cm³/mol. The molecular weight excluding hydrogens is 266 g/mol. The molecule has 0 atom stereocenters. The van der Waals surface area contributed by atoms with Gasteiger partial charge in [0.25, 0.3) is 0 Å². The van der Waals surface area contributed by atoms with Crippen molar-refractivity contribution in [1.82, 2.24) is 0 Å². The topological polar surface area (TPSA) is 58.6 Å². The van der Waals surface area contributed by atoms with Crippen LogP contribution in [0.2, 0.25) is 0 Å². The molecule has 0 aliphatic rings. The second kappa shape index (κ2) is 7.01. The molecule has 0 unspecified atom stereocenters. The van der Waals surface area contributed by atoms with Gasteiger partial charge in [0.05, 0.1) is 5.56 Å². The summed E-state index contributed by atoms with van der Waals surface area (Å²) in [6, 6.07) is 14.0. The number of hydrogen-bond donors (Lipinski definition) is 2. The summed E-state index contributed by atoms with van der Waals surface area (Å²) < 4.78 is 5.51. The van der Waals surface area contributed by atoms with E-state index in [1.54, 1.807) is 12.1 Å². The first-order valence-corrected chi connectivity index (χ1v) is 6.46. The van der Waals surface area contributed by atoms with Gasteiger partial charge in [-0.2, -0.15) is 0 Å². The van der Waals surface area contributed by atoms with Crippen LogP contribution in [0.15, 0.2) is 48.5 Å². The molecule has 0 spiro atoms. The molecule has 2 aromatic carbocycles. The Balaban J connectivity index is 1.83. The van der Waals surface area contributed by atoms with Crippen molar-refractivity contribution in [2.24, 2.45) is 0 Å². The Bertz CT molecular complexity index is 674. The molecule has 2 aromatic rings. The molecule has 0 bridgehead atoms. The number of hydrogen-bond acceptors (Lipinski definition) is 3. The summed E-state index contributed by atoms with van der Waals surface area (Å²) in [6.07, 6.45) is 5.34. The third-order valence-electron chi connectivity index (χ3n) is 2.81. The van der Waals surface area contributed by atoms with E-state index in [9.17, 15) is 4.79 Å². The van der Waals surface area contributed by atoms with Crippen molar-refractivity contribution in [2.75, 3.05) is 18.5 Å². The zero-order valence-corrected chi connectivity index (χ0v) is 11.4. The molecular formula is C17H15NO3. The van der Waals surface area contributed by atoms with Crippen molar-refractivity contribution in [2.45, 2.75) is 0 Å². The highest BCUT2D eigenvalue weighted by molar-refractivity contribution is 5.87. The van der Waals surface area contributed by atoms with Crippen molar-refractivity contribution >= 4 is 11.7 Å². The number of benzene rings is 2. The number of ether oxygens (including phenoxy) is 1. The van der Waals surface area contributed by atoms with Crippen LogP contribution in [-0.4, -0.2) is 24.2 Å². The van der Waals surface area contributed by atoms with Crippen LogP contribution in [0, 0.1) is 12.3 Å². The number of carboxylic acids is 1. The van der Waals surface area contributed by atoms with Crippen LogP contribution < -0.4 is 10.1 Å². The first kappa shape index (κ1) is 14.5. The minimum Gasteiger partial charge on any atom is -0.492 e. The van der Waals surface area contributed by atoms with E-state index in [4.69, 9.17) is 16.3 Å². The molecule has 0 radical (unpaired) electrons. The molecule has 0 saturated carbocycles. The van der Waals surface area contributed by atoms with Crippen molar-refractivity contribution in [3.63, 3.8) is 0 Å². The summed E-state index contributed by atoms with van der Waals surface area (Å²) >= 11 is 0. The van der Waals surface area contributed by atoms with Crippen LogP contribution in [0.3, 0.4) is 0 Å². The Hall–Kier alpha value is -2.93. The number of carbonyl (C=O) groups is 1. The maximum Gasteiger partial charge on any atom is 0.335 e. The third kappa shape index (κ3) is 4.29. The van der Waals surface area contributed by atoms with Crippen LogP contribution in [0.25, 0.3) is 0 Å². The standard InChI is InChI=1S/C17H15NO3/c1-2-13-5-3-7-15(11-13)18-9-10-21-16-8-4-6-14(12-16)17(19)20/h1,3-8,11-12,18H,9-10H2,(H,19,20). The van der Waals surface area contributed by atoms with Crippen LogP contribution in [0.5, 0.6) is 5.75 Å². The van der Waals surface area contributed by atoms with E-state index >= 15 is 0 Å². The minimum atomic E-state index is -0.968. The van der Waals surface area contributed by atoms with Gasteiger partial charge in [-0.1, -0.05) is 18.1 Å². The largest absolute Gasteiger partial charge is 0.492 e. The van der Waals surface area contributed by atoms with Gasteiger partial charge in [0.2, 0.25) is 0 Å². The minimum absolute atomic E-state index is 0.210. The van der Waals surface area contributed by atoms with Gasteiger partial charge in [-0.15, -0.1) is 6.42 Å². The van der Waals surface area contributed by atoms with Gasteiger partial charge in [-0.25, -0.2) is 4.79 Å². The summed E-state index contributed by atoms with van der Waals surface area (Å²) in [7, 11) is 0. The SMILES string of the molecule is C#Cc1cccc(NCCOc2cccc(C(=O)O)c2)c1. The highest BCUT2D eigenvalue weighted by Crippen LogP contribution is 2.13. The van der Waals surface area contributed by atoms with E-state index in [0.29, 0.717) is 18.9 Å². The third-order valence-corrected chi connectivity index (χ3v) is 2.81. The Labute approximate surface area is 123 Å². The van der Waals surface area contributed by atoms with Crippen LogP contribution in [-0.2, 0) is 0 Å². The highest BCUT2D eigenvalue weighted by Gasteiger charge is 2.03. The average molecular weight is 281 g/mol. The number of rotatable bonds is 6. The Morgan fingerprint density at radius 1 is 1.24 bits per heavy atom. The van der Waals surface area contributed by atoms with Crippen molar-refractivity contribution in [3.8, 4) is 18.1 Å². The average Bonchev–Trinajstić information content (AvgIpc) is 2.52. The molecule has 0 heterocycles. The molecule has 0 aliphatic heterocycles. The van der Waals surface area contributed by atoms with Gasteiger partial charge in [0, 0.05) is 17.8 Å². The fourth-order valence-electron chi connectivity index (χ4n) is 1.80. The van der Waals surface area contributed by atoms with Gasteiger partial charge in [-0.3, -0.25) is 0 Å². The van der Waals surface area contributed by atoms with Gasteiger partial charge in [0.15, 0.2) is 0 Å². The molecule has 0 saturated heterocycles. The number of terminal acetylenes is 1. The zero-order chi connectivity index (χ0) is 15.1.